The first-order valence-electron chi connectivity index (χ1n) is 7.45. The lowest BCUT2D eigenvalue weighted by molar-refractivity contribution is -0.135. The molecule has 0 saturated carbocycles. The Bertz CT molecular complexity index is 636. The number of nitrogens with one attached hydrogen (secondary N) is 1. The Morgan fingerprint density at radius 1 is 1.35 bits per heavy atom. The summed E-state index contributed by atoms with van der Waals surface area (Å²) in [6, 6.07) is 9.64. The molecule has 5 nitrogen and oxygen atoms in total. The molecule has 4 atom stereocenters. The van der Waals surface area contributed by atoms with E-state index in [1.807, 2.05) is 31.2 Å². The van der Waals surface area contributed by atoms with Gasteiger partial charge in [0.05, 0.1) is 24.1 Å². The first kappa shape index (κ1) is 17.2. The number of methoxy groups -OCH3 is 1. The van der Waals surface area contributed by atoms with E-state index in [4.69, 9.17) is 17.0 Å². The number of benzene rings is 1. The number of hydrogen-bond acceptors (Lipinski definition) is 4. The van der Waals surface area contributed by atoms with E-state index in [-0.39, 0.29) is 23.8 Å². The Morgan fingerprint density at radius 3 is 2.43 bits per heavy atom. The summed E-state index contributed by atoms with van der Waals surface area (Å²) in [4.78, 5) is 14.8. The van der Waals surface area contributed by atoms with Gasteiger partial charge in [-0.15, -0.1) is 0 Å². The van der Waals surface area contributed by atoms with Crippen LogP contribution in [0.15, 0.2) is 24.3 Å². The summed E-state index contributed by atoms with van der Waals surface area (Å²) < 4.78 is 5.19. The maximum atomic E-state index is 12.7. The Labute approximate surface area is 142 Å². The van der Waals surface area contributed by atoms with E-state index in [9.17, 15) is 10.1 Å². The molecule has 1 fully saturated rings. The van der Waals surface area contributed by atoms with Crippen molar-refractivity contribution in [2.24, 2.45) is 11.8 Å². The van der Waals surface area contributed by atoms with Crippen LogP contribution in [0.25, 0.3) is 0 Å². The Kier molecular flexibility index (Phi) is 5.22. The SMILES string of the molecule is COc1ccc(C2C(C#N)C(=S)NC(C)C2C(=O)N(C)C)cc1. The Morgan fingerprint density at radius 2 is 1.96 bits per heavy atom. The highest BCUT2D eigenvalue weighted by Gasteiger charge is 2.45. The number of rotatable bonds is 3. The minimum Gasteiger partial charge on any atom is -0.497 e. The molecule has 0 aliphatic carbocycles. The third-order valence-corrected chi connectivity index (χ3v) is 4.67. The zero-order valence-electron chi connectivity index (χ0n) is 13.7. The monoisotopic (exact) mass is 331 g/mol. The van der Waals surface area contributed by atoms with E-state index in [0.717, 1.165) is 11.3 Å². The van der Waals surface area contributed by atoms with Crippen LogP contribution < -0.4 is 10.1 Å². The Hall–Kier alpha value is -2.13. The van der Waals surface area contributed by atoms with Crippen LogP contribution in [0, 0.1) is 23.2 Å². The number of nitriles is 1. The van der Waals surface area contributed by atoms with E-state index >= 15 is 0 Å². The normalized spacial score (nSPS) is 26.8. The molecule has 122 valence electrons. The first-order valence-corrected chi connectivity index (χ1v) is 7.86. The van der Waals surface area contributed by atoms with Gasteiger partial charge in [0, 0.05) is 26.1 Å². The minimum atomic E-state index is -0.525. The first-order chi connectivity index (χ1) is 10.9. The maximum absolute atomic E-state index is 12.7. The molecule has 1 amide bonds. The van der Waals surface area contributed by atoms with Gasteiger partial charge in [-0.05, 0) is 24.6 Å². The van der Waals surface area contributed by atoms with Crippen molar-refractivity contribution in [3.05, 3.63) is 29.8 Å². The lowest BCUT2D eigenvalue weighted by Crippen LogP contribution is -2.55. The van der Waals surface area contributed by atoms with Crippen LogP contribution in [0.5, 0.6) is 5.75 Å². The molecule has 1 aromatic rings. The number of carbonyl (C=O) groups is 1. The largest absolute Gasteiger partial charge is 0.497 e. The number of carbonyl (C=O) groups excluding carboxylic acids is 1. The van der Waals surface area contributed by atoms with Crippen molar-refractivity contribution >= 4 is 23.1 Å². The number of thiocarbonyl (C=S) groups is 1. The molecule has 23 heavy (non-hydrogen) atoms. The van der Waals surface area contributed by atoms with Gasteiger partial charge in [0.15, 0.2) is 0 Å². The summed E-state index contributed by atoms with van der Waals surface area (Å²) in [5.74, 6) is -0.418. The highest BCUT2D eigenvalue weighted by molar-refractivity contribution is 7.80. The van der Waals surface area contributed by atoms with Gasteiger partial charge >= 0.3 is 0 Å². The summed E-state index contributed by atoms with van der Waals surface area (Å²) in [5.41, 5.74) is 0.924. The van der Waals surface area contributed by atoms with E-state index in [1.165, 1.54) is 0 Å². The molecule has 1 saturated heterocycles. The van der Waals surface area contributed by atoms with Crippen molar-refractivity contribution in [1.29, 1.82) is 5.26 Å². The van der Waals surface area contributed by atoms with Crippen LogP contribution in [0.3, 0.4) is 0 Å². The summed E-state index contributed by atoms with van der Waals surface area (Å²) in [7, 11) is 5.07. The zero-order chi connectivity index (χ0) is 17.1. The van der Waals surface area contributed by atoms with E-state index in [2.05, 4.69) is 11.4 Å². The van der Waals surface area contributed by atoms with Gasteiger partial charge in [-0.2, -0.15) is 5.26 Å². The predicted octanol–water partition coefficient (Wildman–Crippen LogP) is 1.94. The average Bonchev–Trinajstić information content (AvgIpc) is 2.53. The van der Waals surface area contributed by atoms with Crippen LogP contribution in [-0.4, -0.2) is 43.0 Å². The van der Waals surface area contributed by atoms with Crippen LogP contribution in [0.2, 0.25) is 0 Å². The predicted molar refractivity (Wildman–Crippen MR) is 92.2 cm³/mol. The van der Waals surface area contributed by atoms with Crippen molar-refractivity contribution < 1.29 is 9.53 Å². The molecular weight excluding hydrogens is 310 g/mol. The van der Waals surface area contributed by atoms with Crippen molar-refractivity contribution in [3.8, 4) is 11.8 Å². The Balaban J connectivity index is 2.50. The quantitative estimate of drug-likeness (QED) is 0.858. The molecule has 1 aliphatic heterocycles. The van der Waals surface area contributed by atoms with Gasteiger partial charge in [0.25, 0.3) is 0 Å². The van der Waals surface area contributed by atoms with E-state index in [0.29, 0.717) is 4.99 Å². The molecule has 1 N–H and O–H groups in total. The minimum absolute atomic E-state index is 0.00596. The summed E-state index contributed by atoms with van der Waals surface area (Å²) in [5, 5.41) is 12.7. The summed E-state index contributed by atoms with van der Waals surface area (Å²) in [6.45, 7) is 1.93. The number of hydrogen-bond donors (Lipinski definition) is 1. The topological polar surface area (TPSA) is 65.4 Å². The number of amides is 1. The fourth-order valence-corrected chi connectivity index (χ4v) is 3.50. The van der Waals surface area contributed by atoms with E-state index in [1.54, 1.807) is 26.1 Å². The fraction of sp³-hybridized carbons (Fsp3) is 0.471. The molecule has 0 spiro atoms. The van der Waals surface area contributed by atoms with Crippen LogP contribution in [0.4, 0.5) is 0 Å². The second-order valence-electron chi connectivity index (χ2n) is 5.96. The van der Waals surface area contributed by atoms with E-state index < -0.39 is 5.92 Å². The average molecular weight is 331 g/mol. The van der Waals surface area contributed by atoms with Crippen LogP contribution >= 0.6 is 12.2 Å². The van der Waals surface area contributed by atoms with Crippen molar-refractivity contribution in [2.75, 3.05) is 21.2 Å². The lowest BCUT2D eigenvalue weighted by atomic mass is 9.71. The van der Waals surface area contributed by atoms with Crippen LogP contribution in [0.1, 0.15) is 18.4 Å². The smallest absolute Gasteiger partial charge is 0.227 e. The van der Waals surface area contributed by atoms with Crippen molar-refractivity contribution in [1.82, 2.24) is 10.2 Å². The molecule has 0 radical (unpaired) electrons. The fourth-order valence-electron chi connectivity index (χ4n) is 3.12. The van der Waals surface area contributed by atoms with Gasteiger partial charge < -0.3 is 15.0 Å². The molecule has 2 rings (SSSR count). The third-order valence-electron chi connectivity index (χ3n) is 4.30. The van der Waals surface area contributed by atoms with Gasteiger partial charge in [0.2, 0.25) is 5.91 Å². The van der Waals surface area contributed by atoms with Crippen molar-refractivity contribution in [2.45, 2.75) is 18.9 Å². The summed E-state index contributed by atoms with van der Waals surface area (Å²) >= 11 is 5.35. The molecule has 1 heterocycles. The molecule has 4 unspecified atom stereocenters. The maximum Gasteiger partial charge on any atom is 0.227 e. The zero-order valence-corrected chi connectivity index (χ0v) is 14.6. The number of piperidine rings is 1. The third kappa shape index (κ3) is 3.30. The lowest BCUT2D eigenvalue weighted by Gasteiger charge is -2.41. The van der Waals surface area contributed by atoms with Crippen LogP contribution in [-0.2, 0) is 4.79 Å². The van der Waals surface area contributed by atoms with Gasteiger partial charge in [0.1, 0.15) is 11.7 Å². The molecule has 1 aromatic carbocycles. The summed E-state index contributed by atoms with van der Waals surface area (Å²) in [6.07, 6.45) is 0. The van der Waals surface area contributed by atoms with Gasteiger partial charge in [-0.3, -0.25) is 4.79 Å². The number of ether oxygens (including phenoxy) is 1. The highest BCUT2D eigenvalue weighted by atomic mass is 32.1. The molecule has 0 aromatic heterocycles. The second kappa shape index (κ2) is 6.97. The highest BCUT2D eigenvalue weighted by Crippen LogP contribution is 2.39. The molecule has 1 aliphatic rings. The number of nitrogens with zero attached hydrogens (tertiary/aromatic N) is 2. The van der Waals surface area contributed by atoms with Gasteiger partial charge in [-0.1, -0.05) is 24.4 Å². The standard InChI is InChI=1S/C17H21N3O2S/c1-10-14(17(21)20(2)3)15(13(9-18)16(23)19-10)11-5-7-12(22-4)8-6-11/h5-8,10,13-15H,1-4H3,(H,19,23). The second-order valence-corrected chi connectivity index (χ2v) is 6.40. The van der Waals surface area contributed by atoms with Crippen molar-refractivity contribution in [3.63, 3.8) is 0 Å². The van der Waals surface area contributed by atoms with Gasteiger partial charge in [-0.25, -0.2) is 0 Å². The molecular formula is C17H21N3O2S. The molecule has 6 heteroatoms. The molecule has 0 bridgehead atoms.